The second-order valence-electron chi connectivity index (χ2n) is 16.5. The fourth-order valence-corrected chi connectivity index (χ4v) is 14.6. The molecule has 0 amide bonds. The largest absolute Gasteiger partial charge is 0.468 e. The minimum atomic E-state index is -2.30. The smallest absolute Gasteiger partial charge is 0.319 e. The first-order valence-electron chi connectivity index (χ1n) is 19.4. The quantitative estimate of drug-likeness (QED) is 0.0611. The van der Waals surface area contributed by atoms with Crippen LogP contribution in [0, 0.1) is 23.1 Å². The van der Waals surface area contributed by atoms with Crippen molar-refractivity contribution < 1.29 is 31.8 Å². The van der Waals surface area contributed by atoms with E-state index in [1.165, 1.54) is 19.4 Å². The molecule has 13 heteroatoms. The van der Waals surface area contributed by atoms with Crippen LogP contribution in [0.4, 0.5) is 23.4 Å². The zero-order valence-corrected chi connectivity index (χ0v) is 34.0. The summed E-state index contributed by atoms with van der Waals surface area (Å²) in [5.41, 5.74) is 4.30. The van der Waals surface area contributed by atoms with E-state index in [1.54, 1.807) is 30.1 Å². The van der Waals surface area contributed by atoms with Crippen LogP contribution in [0.3, 0.4) is 0 Å². The summed E-state index contributed by atoms with van der Waals surface area (Å²) in [7, 11) is 0.901. The number of alkyl halides is 2. The molecule has 2 saturated heterocycles. The minimum Gasteiger partial charge on any atom is -0.468 e. The summed E-state index contributed by atoms with van der Waals surface area (Å²) in [5.74, 6) is 2.62. The topological polar surface area (TPSA) is 72.8 Å². The van der Waals surface area contributed by atoms with Crippen molar-refractivity contribution in [3.8, 4) is 34.5 Å². The van der Waals surface area contributed by atoms with Crippen LogP contribution in [0.1, 0.15) is 72.8 Å². The van der Waals surface area contributed by atoms with Crippen LogP contribution >= 0.6 is 0 Å². The van der Waals surface area contributed by atoms with Gasteiger partial charge in [0.25, 0.3) is 0 Å². The number of halogens is 4. The van der Waals surface area contributed by atoms with Gasteiger partial charge in [0.1, 0.15) is 55.6 Å². The minimum absolute atomic E-state index is 0.0693. The molecule has 3 aliphatic rings. The van der Waals surface area contributed by atoms with Crippen molar-refractivity contribution in [2.24, 2.45) is 0 Å². The lowest BCUT2D eigenvalue weighted by molar-refractivity contribution is 0.0512. The molecule has 0 N–H and O–H groups in total. The number of pyridine rings is 1. The lowest BCUT2D eigenvalue weighted by Gasteiger charge is -2.38. The number of fused-ring (bicyclic) bond motifs is 3. The molecule has 4 heterocycles. The van der Waals surface area contributed by atoms with E-state index in [1.807, 2.05) is 0 Å². The first-order chi connectivity index (χ1) is 26.2. The Bertz CT molecular complexity index is 2140. The highest BCUT2D eigenvalue weighted by atomic mass is 28.3. The number of methoxy groups -OCH3 is 1. The summed E-state index contributed by atoms with van der Waals surface area (Å²) in [6.07, 6.45) is 1.81. The second kappa shape index (κ2) is 15.2. The van der Waals surface area contributed by atoms with Crippen LogP contribution in [-0.2, 0) is 4.74 Å². The number of rotatable bonds is 12. The van der Waals surface area contributed by atoms with Gasteiger partial charge in [0, 0.05) is 50.7 Å². The van der Waals surface area contributed by atoms with Gasteiger partial charge in [0.05, 0.1) is 22.5 Å². The molecule has 1 saturated carbocycles. The number of hydrogen-bond donors (Lipinski definition) is 0. The van der Waals surface area contributed by atoms with Gasteiger partial charge in [-0.2, -0.15) is 9.97 Å². The maximum Gasteiger partial charge on any atom is 0.319 e. The van der Waals surface area contributed by atoms with Crippen LogP contribution in [0.15, 0.2) is 30.5 Å². The summed E-state index contributed by atoms with van der Waals surface area (Å²) in [4.78, 5) is 17.7. The number of aromatic nitrogens is 3. The van der Waals surface area contributed by atoms with Gasteiger partial charge in [-0.3, -0.25) is 9.88 Å². The van der Waals surface area contributed by atoms with Gasteiger partial charge in [-0.05, 0) is 59.6 Å². The summed E-state index contributed by atoms with van der Waals surface area (Å²) >= 11 is 0. The van der Waals surface area contributed by atoms with Crippen molar-refractivity contribution >= 4 is 35.6 Å². The molecule has 7 rings (SSSR count). The van der Waals surface area contributed by atoms with Crippen LogP contribution in [0.25, 0.3) is 32.9 Å². The van der Waals surface area contributed by atoms with E-state index in [0.29, 0.717) is 52.5 Å². The predicted octanol–water partition coefficient (Wildman–Crippen LogP) is 9.18. The van der Waals surface area contributed by atoms with Crippen LogP contribution < -0.4 is 14.4 Å². The first-order valence-corrected chi connectivity index (χ1v) is 21.6. The van der Waals surface area contributed by atoms with E-state index >= 15 is 8.78 Å². The summed E-state index contributed by atoms with van der Waals surface area (Å²) < 4.78 is 79.8. The molecule has 0 bridgehead atoms. The Morgan fingerprint density at radius 3 is 2.44 bits per heavy atom. The van der Waals surface area contributed by atoms with Gasteiger partial charge in [0.2, 0.25) is 0 Å². The van der Waals surface area contributed by atoms with E-state index in [0.717, 1.165) is 19.4 Å². The maximum atomic E-state index is 17.4. The van der Waals surface area contributed by atoms with E-state index < -0.39 is 43.6 Å². The van der Waals surface area contributed by atoms with Crippen LogP contribution in [0.2, 0.25) is 16.6 Å². The molecule has 1 aliphatic carbocycles. The molecule has 2 aromatic heterocycles. The molecule has 0 unspecified atom stereocenters. The normalized spacial score (nSPS) is 22.5. The zero-order valence-electron chi connectivity index (χ0n) is 33.0. The molecule has 2 aliphatic heterocycles. The van der Waals surface area contributed by atoms with E-state index in [-0.39, 0.29) is 53.0 Å². The first kappa shape index (κ1) is 39.2. The Labute approximate surface area is 322 Å². The molecule has 55 heavy (non-hydrogen) atoms. The number of benzene rings is 2. The van der Waals surface area contributed by atoms with Gasteiger partial charge in [-0.25, -0.2) is 17.6 Å². The summed E-state index contributed by atoms with van der Waals surface area (Å²) in [5, 5.41) is 1.25. The van der Waals surface area contributed by atoms with Crippen LogP contribution in [-0.4, -0.2) is 92.5 Å². The average Bonchev–Trinajstić information content (AvgIpc) is 3.62. The van der Waals surface area contributed by atoms with E-state index in [2.05, 4.69) is 72.9 Å². The maximum absolute atomic E-state index is 17.4. The molecular formula is C42H51F4N5O3Si. The molecule has 8 nitrogen and oxygen atoms in total. The Morgan fingerprint density at radius 1 is 1.04 bits per heavy atom. The molecule has 3 fully saturated rings. The van der Waals surface area contributed by atoms with E-state index in [9.17, 15) is 8.78 Å². The zero-order chi connectivity index (χ0) is 39.4. The molecular weight excluding hydrogens is 727 g/mol. The Kier molecular flexibility index (Phi) is 10.8. The van der Waals surface area contributed by atoms with Gasteiger partial charge in [-0.15, -0.1) is 5.54 Å². The van der Waals surface area contributed by atoms with Crippen molar-refractivity contribution in [1.29, 1.82) is 0 Å². The molecule has 4 atom stereocenters. The highest BCUT2D eigenvalue weighted by Crippen LogP contribution is 2.44. The number of anilines is 1. The van der Waals surface area contributed by atoms with Gasteiger partial charge >= 0.3 is 6.01 Å². The van der Waals surface area contributed by atoms with Crippen molar-refractivity contribution in [1.82, 2.24) is 19.9 Å². The van der Waals surface area contributed by atoms with Crippen molar-refractivity contribution in [2.75, 3.05) is 45.5 Å². The molecule has 0 radical (unpaired) electrons. The summed E-state index contributed by atoms with van der Waals surface area (Å²) in [6, 6.07) is 5.82. The number of ether oxygens (including phenoxy) is 3. The Balaban J connectivity index is 1.42. The molecule has 0 spiro atoms. The predicted molar refractivity (Wildman–Crippen MR) is 211 cm³/mol. The number of nitrogens with zero attached hydrogens (tertiary/aromatic N) is 5. The second-order valence-corrected chi connectivity index (χ2v) is 22.1. The highest BCUT2D eigenvalue weighted by molar-refractivity contribution is 6.90. The Morgan fingerprint density at radius 2 is 1.76 bits per heavy atom. The standard InChI is InChI=1S/C42H51F4N5O3Si/c1-24(2)55(25(3)4,26(5)6)15-12-30-33(44)11-10-27-16-29(54-23-52-8)17-31(36(27)30)38-37(46)39-32(20-47-38)40(50(7)35-18-34(35)45)49-41(48-39)53-22-42-13-9-14-51(42)21-28(43)19-42/h10-11,16-17,20,24-26,28,34-35H,9,13-14,18-19,21-23H2,1-8H3/t28-,34+,35+,42+/m1/s1. The monoisotopic (exact) mass is 777 g/mol. The fraction of sp³-hybridized carbons (Fsp3) is 0.548. The van der Waals surface area contributed by atoms with Crippen molar-refractivity contribution in [2.45, 2.75) is 108 Å². The number of hydrogen-bond acceptors (Lipinski definition) is 8. The highest BCUT2D eigenvalue weighted by Gasteiger charge is 2.49. The molecule has 294 valence electrons. The van der Waals surface area contributed by atoms with Crippen LogP contribution in [0.5, 0.6) is 11.8 Å². The van der Waals surface area contributed by atoms with Crippen molar-refractivity contribution in [3.05, 3.63) is 47.7 Å². The van der Waals surface area contributed by atoms with Gasteiger partial charge in [-0.1, -0.05) is 53.5 Å². The molecule has 4 aromatic rings. The average molecular weight is 778 g/mol. The van der Waals surface area contributed by atoms with Gasteiger partial charge < -0.3 is 19.1 Å². The third-order valence-corrected chi connectivity index (χ3v) is 18.6. The lowest BCUT2D eigenvalue weighted by atomic mass is 9.95. The lowest BCUT2D eigenvalue weighted by Crippen LogP contribution is -2.43. The van der Waals surface area contributed by atoms with E-state index in [4.69, 9.17) is 14.2 Å². The Hall–Kier alpha value is -3.99. The fourth-order valence-electron chi connectivity index (χ4n) is 9.44. The van der Waals surface area contributed by atoms with Crippen molar-refractivity contribution in [3.63, 3.8) is 0 Å². The van der Waals surface area contributed by atoms with Gasteiger partial charge in [0.15, 0.2) is 12.6 Å². The summed E-state index contributed by atoms with van der Waals surface area (Å²) in [6.45, 7) is 14.3. The third-order valence-electron chi connectivity index (χ3n) is 12.3. The molecule has 2 aromatic carbocycles. The third kappa shape index (κ3) is 7.03. The SMILES string of the molecule is COCOc1cc(-c2ncc3c(N(C)[C@H]4C[C@@H]4F)nc(OC[C@@]45CCCN4C[C@H](F)C5)nc3c2F)c2c(C#C[Si](C(C)C)(C(C)C)C(C)C)c(F)ccc2c1.